The van der Waals surface area contributed by atoms with E-state index < -0.39 is 12.1 Å². The minimum absolute atomic E-state index is 0.224. The second-order valence-electron chi connectivity index (χ2n) is 10.7. The van der Waals surface area contributed by atoms with Crippen molar-refractivity contribution in [3.8, 4) is 11.3 Å². The molecule has 9 heteroatoms. The van der Waals surface area contributed by atoms with Crippen LogP contribution in [-0.2, 0) is 4.74 Å². The number of benzene rings is 4. The molecular formula is C36H26BrClN2O5. The zero-order valence-electron chi connectivity index (χ0n) is 24.3. The summed E-state index contributed by atoms with van der Waals surface area (Å²) in [4.78, 5) is 59.1. The highest BCUT2D eigenvalue weighted by atomic mass is 79.9. The molecule has 4 aromatic carbocycles. The Bertz CT molecular complexity index is 1980. The maximum Gasteiger partial charge on any atom is 0.339 e. The molecule has 0 N–H and O–H groups in total. The number of imide groups is 1. The van der Waals surface area contributed by atoms with E-state index in [0.29, 0.717) is 72.4 Å². The van der Waals surface area contributed by atoms with Crippen molar-refractivity contribution in [2.24, 2.45) is 0 Å². The molecule has 224 valence electrons. The lowest BCUT2D eigenvalue weighted by atomic mass is 10.0. The smallest absolute Gasteiger partial charge is 0.339 e. The van der Waals surface area contributed by atoms with Crippen LogP contribution in [0, 0.1) is 6.92 Å². The van der Waals surface area contributed by atoms with Crippen LogP contribution in [0.25, 0.3) is 22.2 Å². The molecule has 0 saturated heterocycles. The molecule has 45 heavy (non-hydrogen) atoms. The molecule has 0 spiro atoms. The Labute approximate surface area is 272 Å². The molecule has 0 saturated carbocycles. The average Bonchev–Trinajstić information content (AvgIpc) is 3.32. The topological polar surface area (TPSA) is 93.6 Å². The van der Waals surface area contributed by atoms with Gasteiger partial charge >= 0.3 is 5.97 Å². The molecule has 2 amide bonds. The number of Topliss-reactive ketones (excluding diaryl/α,β-unsaturated/α-hetero) is 1. The number of carbonyl (C=O) groups is 4. The second kappa shape index (κ2) is 12.4. The second-order valence-corrected chi connectivity index (χ2v) is 11.9. The third kappa shape index (κ3) is 5.56. The van der Waals surface area contributed by atoms with Gasteiger partial charge in [-0.05, 0) is 71.2 Å². The highest BCUT2D eigenvalue weighted by Crippen LogP contribution is 2.37. The molecular weight excluding hydrogens is 656 g/mol. The molecule has 1 aliphatic heterocycles. The molecule has 1 aromatic heterocycles. The van der Waals surface area contributed by atoms with Crippen molar-refractivity contribution in [2.45, 2.75) is 32.8 Å². The highest BCUT2D eigenvalue weighted by Gasteiger charge is 2.36. The standard InChI is InChI=1S/C36H26BrClN2O5/c1-3-9-30(33(41)22-10-5-4-6-11-22)45-36(44)27-19-29(39-32-20(2)31(38)28(37)18-26(27)32)21-14-16-23(17-15-21)40-34(42)24-12-7-8-13-25(24)35(40)43/h4-8,10-19,30H,3,9H2,1-2H3. The third-order valence-electron chi connectivity index (χ3n) is 7.81. The summed E-state index contributed by atoms with van der Waals surface area (Å²) in [5.74, 6) is -1.71. The minimum atomic E-state index is -0.965. The number of hydrogen-bond donors (Lipinski definition) is 0. The summed E-state index contributed by atoms with van der Waals surface area (Å²) in [5.41, 5.74) is 4.06. The molecule has 2 heterocycles. The van der Waals surface area contributed by atoms with Crippen molar-refractivity contribution >= 4 is 67.7 Å². The highest BCUT2D eigenvalue weighted by molar-refractivity contribution is 9.10. The number of amides is 2. The van der Waals surface area contributed by atoms with Gasteiger partial charge in [-0.2, -0.15) is 0 Å². The van der Waals surface area contributed by atoms with E-state index in [1.165, 1.54) is 0 Å². The molecule has 0 fully saturated rings. The van der Waals surface area contributed by atoms with E-state index in [1.54, 1.807) is 84.9 Å². The number of rotatable bonds is 8. The Morgan fingerprint density at radius 3 is 2.16 bits per heavy atom. The van der Waals surface area contributed by atoms with Gasteiger partial charge in [0, 0.05) is 21.0 Å². The molecule has 0 bridgehead atoms. The van der Waals surface area contributed by atoms with Gasteiger partial charge in [0.1, 0.15) is 0 Å². The van der Waals surface area contributed by atoms with Crippen molar-refractivity contribution in [3.05, 3.63) is 128 Å². The first-order chi connectivity index (χ1) is 21.7. The van der Waals surface area contributed by atoms with Crippen LogP contribution >= 0.6 is 27.5 Å². The summed E-state index contributed by atoms with van der Waals surface area (Å²) < 4.78 is 6.49. The van der Waals surface area contributed by atoms with E-state index in [4.69, 9.17) is 21.3 Å². The molecule has 7 nitrogen and oxygen atoms in total. The van der Waals surface area contributed by atoms with Crippen molar-refractivity contribution in [2.75, 3.05) is 4.90 Å². The number of fused-ring (bicyclic) bond motifs is 2. The van der Waals surface area contributed by atoms with Gasteiger partial charge in [-0.3, -0.25) is 14.4 Å². The summed E-state index contributed by atoms with van der Waals surface area (Å²) in [5, 5.41) is 0.970. The van der Waals surface area contributed by atoms with E-state index in [9.17, 15) is 19.2 Å². The number of aryl methyl sites for hydroxylation is 1. The number of nitrogens with zero attached hydrogens (tertiary/aromatic N) is 2. The largest absolute Gasteiger partial charge is 0.450 e. The van der Waals surface area contributed by atoms with Crippen molar-refractivity contribution < 1.29 is 23.9 Å². The first-order valence-electron chi connectivity index (χ1n) is 14.4. The summed E-state index contributed by atoms with van der Waals surface area (Å²) in [6.45, 7) is 3.73. The molecule has 0 radical (unpaired) electrons. The summed E-state index contributed by atoms with van der Waals surface area (Å²) >= 11 is 10.0. The van der Waals surface area contributed by atoms with E-state index in [0.717, 1.165) is 4.90 Å². The monoisotopic (exact) mass is 680 g/mol. The van der Waals surface area contributed by atoms with Crippen LogP contribution in [0.15, 0.2) is 95.5 Å². The average molecular weight is 682 g/mol. The number of halogens is 2. The lowest BCUT2D eigenvalue weighted by molar-refractivity contribution is 0.0268. The van der Waals surface area contributed by atoms with E-state index in [-0.39, 0.29) is 23.2 Å². The lowest BCUT2D eigenvalue weighted by Crippen LogP contribution is -2.29. The zero-order valence-corrected chi connectivity index (χ0v) is 26.7. The number of esters is 1. The van der Waals surface area contributed by atoms with E-state index in [2.05, 4.69) is 15.9 Å². The first kappa shape index (κ1) is 30.4. The third-order valence-corrected chi connectivity index (χ3v) is 9.15. The maximum absolute atomic E-state index is 13.8. The Morgan fingerprint density at radius 1 is 0.911 bits per heavy atom. The van der Waals surface area contributed by atoms with Crippen LogP contribution in [-0.4, -0.2) is 34.7 Å². The van der Waals surface area contributed by atoms with Crippen LogP contribution in [0.4, 0.5) is 5.69 Å². The summed E-state index contributed by atoms with van der Waals surface area (Å²) in [6.07, 6.45) is 0.0363. The summed E-state index contributed by atoms with van der Waals surface area (Å²) in [6, 6.07) is 25.6. The van der Waals surface area contributed by atoms with Gasteiger partial charge in [-0.25, -0.2) is 14.7 Å². The Kier molecular flexibility index (Phi) is 8.36. The fraction of sp³-hybridized carbons (Fsp3) is 0.139. The molecule has 5 aromatic rings. The summed E-state index contributed by atoms with van der Waals surface area (Å²) in [7, 11) is 0. The quantitative estimate of drug-likeness (QED) is 0.0925. The predicted octanol–water partition coefficient (Wildman–Crippen LogP) is 8.64. The lowest BCUT2D eigenvalue weighted by Gasteiger charge is -2.18. The molecule has 1 atom stereocenters. The molecule has 6 rings (SSSR count). The van der Waals surface area contributed by atoms with Crippen molar-refractivity contribution in [3.63, 3.8) is 0 Å². The first-order valence-corrected chi connectivity index (χ1v) is 15.5. The zero-order chi connectivity index (χ0) is 31.8. The van der Waals surface area contributed by atoms with Crippen molar-refractivity contribution in [1.29, 1.82) is 0 Å². The Balaban J connectivity index is 1.39. The maximum atomic E-state index is 13.8. The van der Waals surface area contributed by atoms with Gasteiger partial charge < -0.3 is 4.74 Å². The van der Waals surface area contributed by atoms with E-state index >= 15 is 0 Å². The Hall–Kier alpha value is -4.66. The van der Waals surface area contributed by atoms with Gasteiger partial charge in [-0.1, -0.05) is 79.5 Å². The minimum Gasteiger partial charge on any atom is -0.450 e. The van der Waals surface area contributed by atoms with Crippen LogP contribution < -0.4 is 4.90 Å². The van der Waals surface area contributed by atoms with Crippen molar-refractivity contribution in [1.82, 2.24) is 4.98 Å². The van der Waals surface area contributed by atoms with Gasteiger partial charge in [-0.15, -0.1) is 0 Å². The van der Waals surface area contributed by atoms with Gasteiger partial charge in [0.15, 0.2) is 6.10 Å². The molecule has 1 aliphatic rings. The Morgan fingerprint density at radius 2 is 1.53 bits per heavy atom. The number of aromatic nitrogens is 1. The number of ketones is 1. The van der Waals surface area contributed by atoms with Gasteiger partial charge in [0.2, 0.25) is 5.78 Å². The normalized spacial score (nSPS) is 13.2. The van der Waals surface area contributed by atoms with Gasteiger partial charge in [0.25, 0.3) is 11.8 Å². The van der Waals surface area contributed by atoms with Gasteiger partial charge in [0.05, 0.1) is 38.6 Å². The fourth-order valence-corrected chi connectivity index (χ4v) is 6.14. The van der Waals surface area contributed by atoms with Crippen LogP contribution in [0.3, 0.4) is 0 Å². The number of hydrogen-bond acceptors (Lipinski definition) is 6. The van der Waals surface area contributed by atoms with Crippen LogP contribution in [0.2, 0.25) is 5.02 Å². The molecule has 0 aliphatic carbocycles. The number of pyridine rings is 1. The van der Waals surface area contributed by atoms with Crippen LogP contribution in [0.5, 0.6) is 0 Å². The molecule has 1 unspecified atom stereocenters. The predicted molar refractivity (Wildman–Crippen MR) is 177 cm³/mol. The fourth-order valence-electron chi connectivity index (χ4n) is 5.47. The number of carbonyl (C=O) groups excluding carboxylic acids is 4. The van der Waals surface area contributed by atoms with E-state index in [1.807, 2.05) is 19.9 Å². The number of anilines is 1. The SMILES string of the molecule is CCCC(OC(=O)c1cc(-c2ccc(N3C(=O)c4ccccc4C3=O)cc2)nc2c(C)c(Cl)c(Br)cc12)C(=O)c1ccccc1. The number of ether oxygens (including phenoxy) is 1. The van der Waals surface area contributed by atoms with Crippen LogP contribution in [0.1, 0.15) is 66.8 Å².